The van der Waals surface area contributed by atoms with Crippen molar-refractivity contribution in [2.75, 3.05) is 0 Å². The first kappa shape index (κ1) is 19.9. The molecule has 2 aromatic carbocycles. The summed E-state index contributed by atoms with van der Waals surface area (Å²) < 4.78 is 0. The number of hydrogen-bond acceptors (Lipinski definition) is 1. The Morgan fingerprint density at radius 3 is 2.03 bits per heavy atom. The highest BCUT2D eigenvalue weighted by atomic mass is 16.1. The molecule has 0 aliphatic heterocycles. The first-order valence-electron chi connectivity index (χ1n) is 10.8. The summed E-state index contributed by atoms with van der Waals surface area (Å²) >= 11 is 0. The molecule has 0 atom stereocenters. The second-order valence-corrected chi connectivity index (χ2v) is 10.4. The van der Waals surface area contributed by atoms with Crippen molar-refractivity contribution in [3.05, 3.63) is 75.9 Å². The van der Waals surface area contributed by atoms with Gasteiger partial charge in [-0.2, -0.15) is 0 Å². The first-order chi connectivity index (χ1) is 13.6. The molecule has 29 heavy (non-hydrogen) atoms. The van der Waals surface area contributed by atoms with Crippen LogP contribution in [-0.2, 0) is 21.0 Å². The van der Waals surface area contributed by atoms with Gasteiger partial charge in [-0.15, -0.1) is 0 Å². The topological polar surface area (TPSA) is 43.1 Å². The molecule has 2 nitrogen and oxygen atoms in total. The van der Waals surface area contributed by atoms with Gasteiger partial charge in [0.15, 0.2) is 0 Å². The van der Waals surface area contributed by atoms with Crippen LogP contribution in [-0.4, -0.2) is 5.91 Å². The van der Waals surface area contributed by atoms with Gasteiger partial charge in [0.05, 0.1) is 0 Å². The van der Waals surface area contributed by atoms with E-state index in [1.54, 1.807) is 0 Å². The Morgan fingerprint density at radius 1 is 0.862 bits per heavy atom. The third kappa shape index (κ3) is 3.33. The highest BCUT2D eigenvalue weighted by Crippen LogP contribution is 2.57. The molecule has 0 radical (unpaired) electrons. The quantitative estimate of drug-likeness (QED) is 0.650. The molecule has 0 unspecified atom stereocenters. The fourth-order valence-electron chi connectivity index (χ4n) is 5.30. The van der Waals surface area contributed by atoms with Crippen molar-refractivity contribution >= 4 is 12.0 Å². The van der Waals surface area contributed by atoms with E-state index in [0.717, 1.165) is 18.4 Å². The summed E-state index contributed by atoms with van der Waals surface area (Å²) in [7, 11) is 0. The molecule has 0 spiro atoms. The molecule has 0 bridgehead atoms. The number of carbonyl (C=O) groups excluding carboxylic acids is 1. The lowest BCUT2D eigenvalue weighted by Gasteiger charge is -2.43. The Hall–Kier alpha value is -2.35. The highest BCUT2D eigenvalue weighted by molar-refractivity contribution is 5.90. The zero-order valence-corrected chi connectivity index (χ0v) is 18.4. The molecule has 0 aromatic heterocycles. The number of rotatable bonds is 4. The van der Waals surface area contributed by atoms with E-state index in [1.807, 2.05) is 12.1 Å². The van der Waals surface area contributed by atoms with Crippen LogP contribution in [0.15, 0.2) is 42.5 Å². The molecule has 0 saturated heterocycles. The normalized spacial score (nSPS) is 21.0. The molecular weight excluding hydrogens is 354 g/mol. The summed E-state index contributed by atoms with van der Waals surface area (Å²) in [4.78, 5) is 11.3. The second kappa shape index (κ2) is 6.58. The molecular formula is C27H33NO. The van der Waals surface area contributed by atoms with Crippen molar-refractivity contribution in [1.29, 1.82) is 0 Å². The Morgan fingerprint density at radius 2 is 1.45 bits per heavy atom. The predicted octanol–water partition coefficient (Wildman–Crippen LogP) is 5.92. The van der Waals surface area contributed by atoms with Gasteiger partial charge in [-0.1, -0.05) is 64.1 Å². The minimum absolute atomic E-state index is 0.0510. The minimum Gasteiger partial charge on any atom is -0.366 e. The lowest BCUT2D eigenvalue weighted by molar-refractivity contribution is -0.113. The van der Waals surface area contributed by atoms with Crippen LogP contribution in [0.5, 0.6) is 0 Å². The number of primary amides is 1. The summed E-state index contributed by atoms with van der Waals surface area (Å²) in [5.74, 6) is -0.404. The van der Waals surface area contributed by atoms with Gasteiger partial charge in [0, 0.05) is 11.5 Å². The maximum atomic E-state index is 11.3. The predicted molar refractivity (Wildman–Crippen MR) is 121 cm³/mol. The summed E-state index contributed by atoms with van der Waals surface area (Å²) in [5.41, 5.74) is 14.1. The van der Waals surface area contributed by atoms with Crippen molar-refractivity contribution < 1.29 is 4.79 Å². The molecule has 2 aromatic rings. The van der Waals surface area contributed by atoms with Crippen molar-refractivity contribution in [2.24, 2.45) is 5.73 Å². The molecule has 2 aliphatic rings. The number of nitrogens with two attached hydrogens (primary N) is 1. The van der Waals surface area contributed by atoms with E-state index in [9.17, 15) is 4.79 Å². The number of carbonyl (C=O) groups is 1. The Labute approximate surface area is 175 Å². The van der Waals surface area contributed by atoms with Gasteiger partial charge in [0.1, 0.15) is 0 Å². The Balaban J connectivity index is 1.88. The summed E-state index contributed by atoms with van der Waals surface area (Å²) in [5, 5.41) is 0. The molecule has 152 valence electrons. The number of fused-ring (bicyclic) bond motifs is 1. The van der Waals surface area contributed by atoms with E-state index in [-0.39, 0.29) is 16.2 Å². The molecule has 1 saturated carbocycles. The fourth-order valence-corrected chi connectivity index (χ4v) is 5.30. The lowest BCUT2D eigenvalue weighted by atomic mass is 9.62. The number of benzene rings is 2. The largest absolute Gasteiger partial charge is 0.366 e. The molecule has 2 aliphatic carbocycles. The average molecular weight is 388 g/mol. The van der Waals surface area contributed by atoms with Crippen molar-refractivity contribution in [1.82, 2.24) is 0 Å². The molecule has 2 heteroatoms. The minimum atomic E-state index is -0.404. The van der Waals surface area contributed by atoms with Crippen LogP contribution >= 0.6 is 0 Å². The van der Waals surface area contributed by atoms with Gasteiger partial charge >= 0.3 is 0 Å². The van der Waals surface area contributed by atoms with Crippen LogP contribution in [0.4, 0.5) is 0 Å². The SMILES string of the molecule is Cc1cc2c(cc1C1(c3ccccc3/C=C/C(N)=O)CC1)C(C)(C)CCC2(C)C. The van der Waals surface area contributed by atoms with Crippen LogP contribution in [0.3, 0.4) is 0 Å². The molecule has 2 N–H and O–H groups in total. The molecule has 0 heterocycles. The van der Waals surface area contributed by atoms with Crippen molar-refractivity contribution in [2.45, 2.75) is 76.5 Å². The Kier molecular flexibility index (Phi) is 4.53. The molecule has 1 fully saturated rings. The summed E-state index contributed by atoms with van der Waals surface area (Å²) in [6.45, 7) is 11.8. The van der Waals surface area contributed by atoms with E-state index < -0.39 is 5.91 Å². The maximum absolute atomic E-state index is 11.3. The van der Waals surface area contributed by atoms with Crippen molar-refractivity contribution in [3.63, 3.8) is 0 Å². The van der Waals surface area contributed by atoms with E-state index >= 15 is 0 Å². The maximum Gasteiger partial charge on any atom is 0.241 e. The van der Waals surface area contributed by atoms with Crippen LogP contribution < -0.4 is 5.73 Å². The van der Waals surface area contributed by atoms with Crippen LogP contribution in [0.1, 0.15) is 86.8 Å². The van der Waals surface area contributed by atoms with Gasteiger partial charge in [-0.25, -0.2) is 0 Å². The molecule has 1 amide bonds. The van der Waals surface area contributed by atoms with Gasteiger partial charge < -0.3 is 5.73 Å². The van der Waals surface area contributed by atoms with Gasteiger partial charge in [-0.05, 0) is 82.9 Å². The summed E-state index contributed by atoms with van der Waals surface area (Å²) in [6.07, 6.45) is 8.10. The third-order valence-corrected chi connectivity index (χ3v) is 7.37. The van der Waals surface area contributed by atoms with Crippen LogP contribution in [0.2, 0.25) is 0 Å². The van der Waals surface area contributed by atoms with E-state index in [0.29, 0.717) is 0 Å². The molecule has 4 rings (SSSR count). The third-order valence-electron chi connectivity index (χ3n) is 7.37. The number of amides is 1. The second-order valence-electron chi connectivity index (χ2n) is 10.4. The summed E-state index contributed by atoms with van der Waals surface area (Å²) in [6, 6.07) is 13.4. The Bertz CT molecular complexity index is 1010. The zero-order chi connectivity index (χ0) is 21.0. The van der Waals surface area contributed by atoms with Crippen molar-refractivity contribution in [3.8, 4) is 0 Å². The van der Waals surface area contributed by atoms with E-state index in [1.165, 1.54) is 46.7 Å². The standard InChI is InChI=1S/C27H33NO/c1-18-16-22-23(26(4,5)13-12-25(22,2)3)17-21(18)27(14-15-27)20-9-7-6-8-19(20)10-11-24(28)29/h6-11,16-17H,12-15H2,1-5H3,(H2,28,29)/b11-10+. The van der Waals surface area contributed by atoms with Gasteiger partial charge in [-0.3, -0.25) is 4.79 Å². The number of hydrogen-bond donors (Lipinski definition) is 1. The average Bonchev–Trinajstić information content (AvgIpc) is 3.45. The zero-order valence-electron chi connectivity index (χ0n) is 18.4. The van der Waals surface area contributed by atoms with Gasteiger partial charge in [0.2, 0.25) is 5.91 Å². The lowest BCUT2D eigenvalue weighted by Crippen LogP contribution is -2.34. The van der Waals surface area contributed by atoms with E-state index in [2.05, 4.69) is 65.0 Å². The first-order valence-corrected chi connectivity index (χ1v) is 10.8. The smallest absolute Gasteiger partial charge is 0.241 e. The van der Waals surface area contributed by atoms with E-state index in [4.69, 9.17) is 5.73 Å². The van der Waals surface area contributed by atoms with Crippen LogP contribution in [0, 0.1) is 6.92 Å². The number of aryl methyl sites for hydroxylation is 1. The highest BCUT2D eigenvalue weighted by Gasteiger charge is 2.49. The fraction of sp³-hybridized carbons (Fsp3) is 0.444. The van der Waals surface area contributed by atoms with Crippen LogP contribution in [0.25, 0.3) is 6.08 Å². The monoisotopic (exact) mass is 387 g/mol. The van der Waals surface area contributed by atoms with Gasteiger partial charge in [0.25, 0.3) is 0 Å².